The number of esters is 1. The second-order valence-corrected chi connectivity index (χ2v) is 13.3. The van der Waals surface area contributed by atoms with Gasteiger partial charge in [-0.3, -0.25) is 14.2 Å². The van der Waals surface area contributed by atoms with Crippen LogP contribution in [0.15, 0.2) is 96.7 Å². The van der Waals surface area contributed by atoms with Gasteiger partial charge in [0.1, 0.15) is 16.3 Å². The van der Waals surface area contributed by atoms with E-state index < -0.39 is 17.6 Å². The molecule has 1 amide bonds. The highest BCUT2D eigenvalue weighted by Crippen LogP contribution is 2.40. The topological polar surface area (TPSA) is 90.2 Å². The van der Waals surface area contributed by atoms with Crippen LogP contribution in [0, 0.1) is 0 Å². The van der Waals surface area contributed by atoms with E-state index in [9.17, 15) is 14.4 Å². The van der Waals surface area contributed by atoms with E-state index in [0.29, 0.717) is 45.9 Å². The molecule has 45 heavy (non-hydrogen) atoms. The number of rotatable bonds is 8. The van der Waals surface area contributed by atoms with Gasteiger partial charge >= 0.3 is 5.97 Å². The Kier molecular flexibility index (Phi) is 8.94. The van der Waals surface area contributed by atoms with Crippen LogP contribution in [0.25, 0.3) is 5.57 Å². The number of carbonyl (C=O) groups is 2. The second-order valence-electron chi connectivity index (χ2n) is 10.5. The van der Waals surface area contributed by atoms with Crippen molar-refractivity contribution in [2.45, 2.75) is 39.3 Å². The van der Waals surface area contributed by atoms with Crippen molar-refractivity contribution in [1.29, 1.82) is 0 Å². The molecular formula is C34H29Br2N3O5S. The summed E-state index contributed by atoms with van der Waals surface area (Å²) in [6.07, 6.45) is 1.22. The molecule has 0 fully saturated rings. The average molecular weight is 751 g/mol. The van der Waals surface area contributed by atoms with Crippen LogP contribution in [0.4, 0.5) is 5.69 Å². The van der Waals surface area contributed by atoms with Crippen LogP contribution >= 0.6 is 43.2 Å². The number of benzene rings is 3. The van der Waals surface area contributed by atoms with Crippen molar-refractivity contribution in [2.75, 3.05) is 18.6 Å². The zero-order chi connectivity index (χ0) is 31.8. The van der Waals surface area contributed by atoms with E-state index in [1.807, 2.05) is 67.6 Å². The highest BCUT2D eigenvalue weighted by Gasteiger charge is 2.39. The third-order valence-corrected chi connectivity index (χ3v) is 9.78. The fourth-order valence-corrected chi connectivity index (χ4v) is 7.68. The number of halogens is 2. The number of hydrogen-bond donors (Lipinski definition) is 0. The lowest BCUT2D eigenvalue weighted by molar-refractivity contribution is -0.139. The van der Waals surface area contributed by atoms with E-state index in [2.05, 4.69) is 31.9 Å². The lowest BCUT2D eigenvalue weighted by Crippen LogP contribution is -2.41. The summed E-state index contributed by atoms with van der Waals surface area (Å²) >= 11 is 8.27. The maximum Gasteiger partial charge on any atom is 0.338 e. The van der Waals surface area contributed by atoms with Crippen molar-refractivity contribution >= 4 is 66.3 Å². The lowest BCUT2D eigenvalue weighted by Gasteiger charge is -2.27. The zero-order valence-electron chi connectivity index (χ0n) is 24.8. The van der Waals surface area contributed by atoms with Crippen molar-refractivity contribution in [2.24, 2.45) is 4.99 Å². The number of fused-ring (bicyclic) bond motifs is 2. The van der Waals surface area contributed by atoms with E-state index in [0.717, 1.165) is 38.0 Å². The first-order valence-electron chi connectivity index (χ1n) is 14.5. The number of thiazole rings is 1. The van der Waals surface area contributed by atoms with Crippen LogP contribution in [0.5, 0.6) is 5.75 Å². The van der Waals surface area contributed by atoms with Gasteiger partial charge in [0.05, 0.1) is 42.8 Å². The fraction of sp³-hybridized carbons (Fsp3) is 0.235. The monoisotopic (exact) mass is 749 g/mol. The summed E-state index contributed by atoms with van der Waals surface area (Å²) in [6, 6.07) is 19.9. The van der Waals surface area contributed by atoms with Gasteiger partial charge in [0.15, 0.2) is 4.80 Å². The predicted octanol–water partition coefficient (Wildman–Crippen LogP) is 6.03. The van der Waals surface area contributed by atoms with Crippen LogP contribution < -0.4 is 24.5 Å². The summed E-state index contributed by atoms with van der Waals surface area (Å²) < 4.78 is 14.6. The number of carbonyl (C=O) groups excluding carboxylic acids is 2. The second kappa shape index (κ2) is 12.9. The molecule has 1 atom stereocenters. The van der Waals surface area contributed by atoms with E-state index in [4.69, 9.17) is 14.5 Å². The molecule has 2 aliphatic rings. The molecule has 6 rings (SSSR count). The van der Waals surface area contributed by atoms with Crippen LogP contribution in [0.2, 0.25) is 0 Å². The van der Waals surface area contributed by atoms with Crippen molar-refractivity contribution in [3.63, 3.8) is 0 Å². The molecule has 4 aromatic rings. The number of amides is 1. The van der Waals surface area contributed by atoms with Gasteiger partial charge in [0, 0.05) is 20.1 Å². The Labute approximate surface area is 280 Å². The molecule has 230 valence electrons. The Hall–Kier alpha value is -3.80. The van der Waals surface area contributed by atoms with Crippen LogP contribution in [0.3, 0.4) is 0 Å². The Balaban J connectivity index is 1.65. The quantitative estimate of drug-likeness (QED) is 0.205. The highest BCUT2D eigenvalue weighted by molar-refractivity contribution is 9.10. The molecule has 0 spiro atoms. The van der Waals surface area contributed by atoms with Crippen molar-refractivity contribution in [3.8, 4) is 5.75 Å². The molecule has 2 aliphatic heterocycles. The van der Waals surface area contributed by atoms with Gasteiger partial charge in [-0.1, -0.05) is 86.9 Å². The Morgan fingerprint density at radius 1 is 1.00 bits per heavy atom. The predicted molar refractivity (Wildman–Crippen MR) is 181 cm³/mol. The molecule has 8 nitrogen and oxygen atoms in total. The van der Waals surface area contributed by atoms with Gasteiger partial charge in [-0.15, -0.1) is 0 Å². The minimum absolute atomic E-state index is 0.163. The van der Waals surface area contributed by atoms with Crippen molar-refractivity contribution < 1.29 is 19.1 Å². The normalized spacial score (nSPS) is 16.8. The standard InChI is InChI=1S/C34H29Br2N3O5S/c1-4-9-24-28(33(42)44-5-2)29(23-17-21(36)13-15-26(23)43-3)39-32(41)30(45-34(39)37-24)27-22-16-20(35)12-14-25(22)38(31(27)40)18-19-10-7-6-8-11-19/h6-8,10-17,29H,4-5,9,18H2,1-3H3/b30-27+/t29-/m0/s1. The number of anilines is 1. The van der Waals surface area contributed by atoms with Crippen molar-refractivity contribution in [1.82, 2.24) is 4.57 Å². The molecule has 0 saturated carbocycles. The van der Waals surface area contributed by atoms with Crippen LogP contribution in [-0.2, 0) is 20.9 Å². The average Bonchev–Trinajstić information content (AvgIpc) is 3.48. The highest BCUT2D eigenvalue weighted by atomic mass is 79.9. The van der Waals surface area contributed by atoms with E-state index in [1.165, 1.54) is 4.57 Å². The minimum atomic E-state index is -0.887. The number of ether oxygens (including phenoxy) is 2. The summed E-state index contributed by atoms with van der Waals surface area (Å²) in [5.74, 6) is -0.316. The first-order chi connectivity index (χ1) is 21.8. The number of hydrogen-bond acceptors (Lipinski definition) is 7. The Morgan fingerprint density at radius 2 is 1.73 bits per heavy atom. The number of aromatic nitrogens is 1. The maximum atomic E-state index is 14.6. The van der Waals surface area contributed by atoms with Gasteiger partial charge in [-0.25, -0.2) is 9.79 Å². The fourth-order valence-electron chi connectivity index (χ4n) is 5.83. The van der Waals surface area contributed by atoms with E-state index in [-0.39, 0.29) is 22.6 Å². The number of nitrogens with zero attached hydrogens (tertiary/aromatic N) is 3. The van der Waals surface area contributed by atoms with Gasteiger partial charge < -0.3 is 14.4 Å². The maximum absolute atomic E-state index is 14.6. The molecule has 11 heteroatoms. The van der Waals surface area contributed by atoms with Crippen LogP contribution in [-0.4, -0.2) is 30.2 Å². The number of allylic oxidation sites excluding steroid dienone is 1. The number of methoxy groups -OCH3 is 1. The van der Waals surface area contributed by atoms with Gasteiger partial charge in [0.2, 0.25) is 0 Å². The zero-order valence-corrected chi connectivity index (χ0v) is 28.8. The summed E-state index contributed by atoms with van der Waals surface area (Å²) in [5.41, 5.74) is 3.67. The largest absolute Gasteiger partial charge is 0.496 e. The molecule has 0 unspecified atom stereocenters. The lowest BCUT2D eigenvalue weighted by atomic mass is 9.93. The van der Waals surface area contributed by atoms with E-state index in [1.54, 1.807) is 25.0 Å². The third kappa shape index (κ3) is 5.62. The molecule has 0 bridgehead atoms. The SMILES string of the molecule is CCCC1=C(C(=O)OCC)[C@H](c2cc(Br)ccc2OC)n2c(s/c(=C3/C(=O)N(Cc4ccccc4)c4ccc(Br)cc43)c2=O)=N1. The molecule has 0 radical (unpaired) electrons. The van der Waals surface area contributed by atoms with Crippen LogP contribution in [0.1, 0.15) is 49.4 Å². The molecule has 0 N–H and O–H groups in total. The first-order valence-corrected chi connectivity index (χ1v) is 16.9. The molecular weight excluding hydrogens is 722 g/mol. The Bertz CT molecular complexity index is 2050. The summed E-state index contributed by atoms with van der Waals surface area (Å²) in [7, 11) is 1.55. The third-order valence-electron chi connectivity index (χ3n) is 7.74. The van der Waals surface area contributed by atoms with Crippen molar-refractivity contribution in [3.05, 3.63) is 123 Å². The summed E-state index contributed by atoms with van der Waals surface area (Å²) in [6.45, 7) is 4.26. The molecule has 0 saturated heterocycles. The molecule has 1 aromatic heterocycles. The summed E-state index contributed by atoms with van der Waals surface area (Å²) in [5, 5.41) is 0. The smallest absolute Gasteiger partial charge is 0.338 e. The van der Waals surface area contributed by atoms with Gasteiger partial charge in [0.25, 0.3) is 11.5 Å². The first kappa shape index (κ1) is 31.2. The van der Waals surface area contributed by atoms with Gasteiger partial charge in [-0.2, -0.15) is 0 Å². The Morgan fingerprint density at radius 3 is 2.44 bits per heavy atom. The van der Waals surface area contributed by atoms with Gasteiger partial charge in [-0.05, 0) is 55.3 Å². The minimum Gasteiger partial charge on any atom is -0.496 e. The molecule has 3 heterocycles. The van der Waals surface area contributed by atoms with E-state index >= 15 is 0 Å². The molecule has 0 aliphatic carbocycles. The summed E-state index contributed by atoms with van der Waals surface area (Å²) in [4.78, 5) is 49.5. The molecule has 3 aromatic carbocycles.